The summed E-state index contributed by atoms with van der Waals surface area (Å²) in [6, 6.07) is 0. The fourth-order valence-corrected chi connectivity index (χ4v) is 1.03. The number of hydroxylamine groups is 2. The third-order valence-corrected chi connectivity index (χ3v) is 1.75. The highest BCUT2D eigenvalue weighted by Crippen LogP contribution is 2.12. The first-order valence-electron chi connectivity index (χ1n) is 4.32. The molecule has 0 radical (unpaired) electrons. The molecular formula is C9H11NO4. The summed E-state index contributed by atoms with van der Waals surface area (Å²) >= 11 is 0. The summed E-state index contributed by atoms with van der Waals surface area (Å²) < 4.78 is 0. The minimum atomic E-state index is -0.589. The molecule has 2 amide bonds. The van der Waals surface area contributed by atoms with Gasteiger partial charge in [-0.05, 0) is 6.42 Å². The minimum Gasteiger partial charge on any atom is -0.330 e. The number of nitrogens with zero attached hydrogens (tertiary/aromatic N) is 1. The van der Waals surface area contributed by atoms with Gasteiger partial charge in [-0.15, -0.1) is 11.6 Å². The van der Waals surface area contributed by atoms with E-state index in [2.05, 4.69) is 11.4 Å². The quantitative estimate of drug-likeness (QED) is 0.488. The van der Waals surface area contributed by atoms with Crippen LogP contribution in [-0.2, 0) is 19.2 Å². The molecule has 1 fully saturated rings. The number of carbonyl (C=O) groups is 3. The van der Waals surface area contributed by atoms with Crippen LogP contribution in [0.2, 0.25) is 0 Å². The summed E-state index contributed by atoms with van der Waals surface area (Å²) in [4.78, 5) is 37.6. The Balaban J connectivity index is 2.42. The van der Waals surface area contributed by atoms with Gasteiger partial charge in [-0.1, -0.05) is 6.08 Å². The van der Waals surface area contributed by atoms with Crippen LogP contribution in [0, 0.1) is 0 Å². The summed E-state index contributed by atoms with van der Waals surface area (Å²) in [5, 5.41) is 0.547. The summed E-state index contributed by atoms with van der Waals surface area (Å²) in [6.07, 6.45) is 2.39. The average molecular weight is 197 g/mol. The second kappa shape index (κ2) is 4.55. The Labute approximate surface area is 81.3 Å². The van der Waals surface area contributed by atoms with Crippen molar-refractivity contribution in [3.05, 3.63) is 12.7 Å². The van der Waals surface area contributed by atoms with Gasteiger partial charge >= 0.3 is 5.97 Å². The first kappa shape index (κ1) is 10.4. The van der Waals surface area contributed by atoms with E-state index in [0.29, 0.717) is 11.5 Å². The zero-order valence-electron chi connectivity index (χ0n) is 7.69. The maximum absolute atomic E-state index is 11.0. The molecule has 0 unspecified atom stereocenters. The van der Waals surface area contributed by atoms with E-state index in [1.165, 1.54) is 0 Å². The molecule has 1 saturated heterocycles. The second-order valence-electron chi connectivity index (χ2n) is 2.87. The van der Waals surface area contributed by atoms with Gasteiger partial charge in [0.05, 0.1) is 6.42 Å². The normalized spacial score (nSPS) is 15.9. The molecule has 1 aliphatic heterocycles. The maximum Gasteiger partial charge on any atom is 0.333 e. The highest BCUT2D eigenvalue weighted by Gasteiger charge is 2.32. The first-order chi connectivity index (χ1) is 6.65. The second-order valence-corrected chi connectivity index (χ2v) is 2.87. The Bertz CT molecular complexity index is 269. The Morgan fingerprint density at radius 1 is 1.43 bits per heavy atom. The zero-order valence-corrected chi connectivity index (χ0v) is 7.69. The molecule has 0 atom stereocenters. The van der Waals surface area contributed by atoms with Crippen LogP contribution in [0.4, 0.5) is 0 Å². The predicted molar refractivity (Wildman–Crippen MR) is 46.6 cm³/mol. The van der Waals surface area contributed by atoms with Crippen molar-refractivity contribution in [1.29, 1.82) is 0 Å². The number of carbonyl (C=O) groups excluding carboxylic acids is 3. The van der Waals surface area contributed by atoms with Gasteiger partial charge in [-0.25, -0.2) is 4.79 Å². The molecule has 14 heavy (non-hydrogen) atoms. The number of hydrogen-bond donors (Lipinski definition) is 0. The molecule has 5 heteroatoms. The number of amides is 2. The third-order valence-electron chi connectivity index (χ3n) is 1.75. The van der Waals surface area contributed by atoms with Crippen LogP contribution < -0.4 is 0 Å². The van der Waals surface area contributed by atoms with Crippen LogP contribution in [-0.4, -0.2) is 22.8 Å². The molecule has 0 spiro atoms. The molecule has 0 saturated carbocycles. The molecular weight excluding hydrogens is 186 g/mol. The monoisotopic (exact) mass is 197 g/mol. The van der Waals surface area contributed by atoms with E-state index in [1.807, 2.05) is 0 Å². The summed E-state index contributed by atoms with van der Waals surface area (Å²) in [6.45, 7) is 3.44. The highest BCUT2D eigenvalue weighted by atomic mass is 16.7. The average Bonchev–Trinajstić information content (AvgIpc) is 2.46. The van der Waals surface area contributed by atoms with Crippen molar-refractivity contribution < 1.29 is 19.2 Å². The van der Waals surface area contributed by atoms with Crippen molar-refractivity contribution in [3.8, 4) is 0 Å². The Hall–Kier alpha value is -1.65. The molecule has 0 aliphatic carbocycles. The van der Waals surface area contributed by atoms with Crippen molar-refractivity contribution in [2.45, 2.75) is 25.7 Å². The van der Waals surface area contributed by atoms with E-state index in [1.54, 1.807) is 6.08 Å². The molecule has 0 bridgehead atoms. The molecule has 5 nitrogen and oxygen atoms in total. The molecule has 0 aromatic heterocycles. The molecule has 0 N–H and O–H groups in total. The van der Waals surface area contributed by atoms with Crippen LogP contribution in [0.15, 0.2) is 12.7 Å². The maximum atomic E-state index is 11.0. The number of allylic oxidation sites excluding steroid dienone is 1. The molecule has 76 valence electrons. The van der Waals surface area contributed by atoms with Gasteiger partial charge < -0.3 is 4.84 Å². The van der Waals surface area contributed by atoms with Crippen LogP contribution in [0.25, 0.3) is 0 Å². The summed E-state index contributed by atoms with van der Waals surface area (Å²) in [5.74, 6) is -1.50. The topological polar surface area (TPSA) is 63.7 Å². The third kappa shape index (κ3) is 2.42. The van der Waals surface area contributed by atoms with E-state index in [9.17, 15) is 14.4 Å². The lowest BCUT2D eigenvalue weighted by molar-refractivity contribution is -0.197. The number of hydrogen-bond acceptors (Lipinski definition) is 4. The van der Waals surface area contributed by atoms with Crippen molar-refractivity contribution in [2.24, 2.45) is 0 Å². The van der Waals surface area contributed by atoms with Crippen molar-refractivity contribution >= 4 is 17.8 Å². The van der Waals surface area contributed by atoms with Gasteiger partial charge in [0, 0.05) is 12.8 Å². The lowest BCUT2D eigenvalue weighted by Crippen LogP contribution is -2.31. The number of imide groups is 1. The largest absolute Gasteiger partial charge is 0.333 e. The van der Waals surface area contributed by atoms with Crippen LogP contribution in [0.1, 0.15) is 25.7 Å². The smallest absolute Gasteiger partial charge is 0.330 e. The fraction of sp³-hybridized carbons (Fsp3) is 0.444. The van der Waals surface area contributed by atoms with E-state index in [-0.39, 0.29) is 19.3 Å². The van der Waals surface area contributed by atoms with Crippen LogP contribution in [0.5, 0.6) is 0 Å². The lowest BCUT2D eigenvalue weighted by Gasteiger charge is -2.11. The Morgan fingerprint density at radius 2 is 2.00 bits per heavy atom. The summed E-state index contributed by atoms with van der Waals surface area (Å²) in [5.41, 5.74) is 0. The highest BCUT2D eigenvalue weighted by molar-refractivity contribution is 6.01. The minimum absolute atomic E-state index is 0.119. The Kier molecular flexibility index (Phi) is 3.39. The van der Waals surface area contributed by atoms with Gasteiger partial charge in [0.15, 0.2) is 0 Å². The van der Waals surface area contributed by atoms with E-state index in [0.717, 1.165) is 0 Å². The predicted octanol–water partition coefficient (Wildman–Crippen LogP) is 0.560. The molecule has 1 aliphatic rings. The van der Waals surface area contributed by atoms with Gasteiger partial charge in [0.25, 0.3) is 11.8 Å². The zero-order chi connectivity index (χ0) is 10.6. The fourth-order valence-electron chi connectivity index (χ4n) is 1.03. The van der Waals surface area contributed by atoms with Gasteiger partial charge in [-0.2, -0.15) is 0 Å². The van der Waals surface area contributed by atoms with Crippen LogP contribution in [0.3, 0.4) is 0 Å². The van der Waals surface area contributed by atoms with Gasteiger partial charge in [0.1, 0.15) is 0 Å². The van der Waals surface area contributed by atoms with Crippen molar-refractivity contribution in [1.82, 2.24) is 5.06 Å². The standard InChI is InChI=1S/C9H11NO4/c1-2-3-4-9(13)14-10-7(11)5-6-8(10)12/h2H,1,3-6H2. The van der Waals surface area contributed by atoms with Gasteiger partial charge in [-0.3, -0.25) is 9.59 Å². The van der Waals surface area contributed by atoms with Gasteiger partial charge in [0.2, 0.25) is 0 Å². The van der Waals surface area contributed by atoms with Crippen molar-refractivity contribution in [3.63, 3.8) is 0 Å². The molecule has 0 aromatic rings. The first-order valence-corrected chi connectivity index (χ1v) is 4.32. The van der Waals surface area contributed by atoms with Crippen molar-refractivity contribution in [2.75, 3.05) is 0 Å². The number of rotatable bonds is 4. The van der Waals surface area contributed by atoms with E-state index < -0.39 is 17.8 Å². The molecule has 1 rings (SSSR count). The summed E-state index contributed by atoms with van der Waals surface area (Å²) in [7, 11) is 0. The van der Waals surface area contributed by atoms with E-state index in [4.69, 9.17) is 0 Å². The molecule has 1 heterocycles. The van der Waals surface area contributed by atoms with Crippen LogP contribution >= 0.6 is 0 Å². The Morgan fingerprint density at radius 3 is 2.50 bits per heavy atom. The lowest BCUT2D eigenvalue weighted by atomic mass is 10.3. The SMILES string of the molecule is C=CCCC(=O)ON1C(=O)CCC1=O. The molecule has 0 aromatic carbocycles. The van der Waals surface area contributed by atoms with E-state index >= 15 is 0 Å².